The van der Waals surface area contributed by atoms with E-state index in [-0.39, 0.29) is 18.1 Å². The van der Waals surface area contributed by atoms with Gasteiger partial charge in [0.2, 0.25) is 11.7 Å². The largest absolute Gasteiger partial charge is 0.454 e. The summed E-state index contributed by atoms with van der Waals surface area (Å²) < 4.78 is 5.50. The molecule has 0 spiro atoms. The highest BCUT2D eigenvalue weighted by Crippen LogP contribution is 2.25. The Morgan fingerprint density at radius 3 is 2.61 bits per heavy atom. The average molecular weight is 418 g/mol. The number of esters is 1. The average Bonchev–Trinajstić information content (AvgIpc) is 3.31. The van der Waals surface area contributed by atoms with Gasteiger partial charge in [0, 0.05) is 41.7 Å². The number of hydrogen-bond acceptors (Lipinski definition) is 4. The molecule has 6 heteroatoms. The predicted molar refractivity (Wildman–Crippen MR) is 118 cm³/mol. The van der Waals surface area contributed by atoms with Crippen LogP contribution < -0.4 is 0 Å². The van der Waals surface area contributed by atoms with E-state index < -0.39 is 18.0 Å². The van der Waals surface area contributed by atoms with Crippen LogP contribution in [0.2, 0.25) is 0 Å². The quantitative estimate of drug-likeness (QED) is 0.469. The van der Waals surface area contributed by atoms with Crippen molar-refractivity contribution in [1.82, 2.24) is 9.88 Å². The molecule has 31 heavy (non-hydrogen) atoms. The number of aromatic nitrogens is 1. The number of nitrogens with one attached hydrogen (secondary N) is 1. The van der Waals surface area contributed by atoms with Gasteiger partial charge in [-0.25, -0.2) is 0 Å². The van der Waals surface area contributed by atoms with E-state index in [0.29, 0.717) is 18.7 Å². The molecule has 1 saturated heterocycles. The molecule has 2 heterocycles. The van der Waals surface area contributed by atoms with Crippen molar-refractivity contribution < 1.29 is 19.1 Å². The zero-order valence-corrected chi connectivity index (χ0v) is 17.8. The van der Waals surface area contributed by atoms with Crippen LogP contribution in [-0.2, 0) is 20.7 Å². The number of likely N-dealkylation sites (tertiary alicyclic amines) is 1. The number of carbonyl (C=O) groups is 3. The number of carbonyl (C=O) groups excluding carboxylic acids is 3. The Kier molecular flexibility index (Phi) is 5.89. The summed E-state index contributed by atoms with van der Waals surface area (Å²) in [7, 11) is 0. The van der Waals surface area contributed by atoms with Crippen molar-refractivity contribution in [2.75, 3.05) is 13.1 Å². The first-order valence-corrected chi connectivity index (χ1v) is 10.6. The summed E-state index contributed by atoms with van der Waals surface area (Å²) >= 11 is 0. The molecule has 6 nitrogen and oxygen atoms in total. The maximum atomic E-state index is 13.0. The molecule has 1 amide bonds. The third-order valence-corrected chi connectivity index (χ3v) is 5.86. The number of ketones is 1. The van der Waals surface area contributed by atoms with Crippen LogP contribution in [-0.4, -0.2) is 46.7 Å². The SMILES string of the molecule is Cc1[nH]c2ccccc2c1C(=O)[C@H](C)OC(=O)[C@H]1CC(=O)N(CCc2ccccc2)C1. The van der Waals surface area contributed by atoms with Crippen molar-refractivity contribution in [3.63, 3.8) is 0 Å². The standard InChI is InChI=1S/C25H26N2O4/c1-16-23(20-10-6-7-11-21(20)26-16)24(29)17(2)31-25(30)19-14-22(28)27(15-19)13-12-18-8-4-3-5-9-18/h3-11,17,19,26H,12-15H2,1-2H3/t17-,19-/m0/s1. The lowest BCUT2D eigenvalue weighted by molar-refractivity contribution is -0.151. The molecule has 1 N–H and O–H groups in total. The number of benzene rings is 2. The molecule has 2 atom stereocenters. The Hall–Kier alpha value is -3.41. The van der Waals surface area contributed by atoms with E-state index in [9.17, 15) is 14.4 Å². The summed E-state index contributed by atoms with van der Waals surface area (Å²) in [6, 6.07) is 17.5. The van der Waals surface area contributed by atoms with E-state index in [1.807, 2.05) is 61.5 Å². The van der Waals surface area contributed by atoms with Gasteiger partial charge in [-0.1, -0.05) is 48.5 Å². The molecule has 160 valence electrons. The van der Waals surface area contributed by atoms with E-state index >= 15 is 0 Å². The number of Topliss-reactive ketones (excluding diaryl/α,β-unsaturated/α-hetero) is 1. The van der Waals surface area contributed by atoms with E-state index in [1.54, 1.807) is 11.8 Å². The molecule has 1 aliphatic rings. The smallest absolute Gasteiger partial charge is 0.311 e. The number of fused-ring (bicyclic) bond motifs is 1. The summed E-state index contributed by atoms with van der Waals surface area (Å²) in [5.74, 6) is -1.32. The van der Waals surface area contributed by atoms with Crippen molar-refractivity contribution in [3.05, 3.63) is 71.4 Å². The van der Waals surface area contributed by atoms with Crippen LogP contribution in [0, 0.1) is 12.8 Å². The number of aromatic amines is 1. The zero-order chi connectivity index (χ0) is 22.0. The Balaban J connectivity index is 1.37. The van der Waals surface area contributed by atoms with Crippen molar-refractivity contribution in [2.24, 2.45) is 5.92 Å². The lowest BCUT2D eigenvalue weighted by Crippen LogP contribution is -2.31. The van der Waals surface area contributed by atoms with Crippen molar-refractivity contribution in [1.29, 1.82) is 0 Å². The molecule has 3 aromatic rings. The molecule has 0 saturated carbocycles. The number of ether oxygens (including phenoxy) is 1. The molecular formula is C25H26N2O4. The molecule has 4 rings (SSSR count). The maximum Gasteiger partial charge on any atom is 0.311 e. The highest BCUT2D eigenvalue weighted by Gasteiger charge is 2.36. The van der Waals surface area contributed by atoms with E-state index in [2.05, 4.69) is 4.98 Å². The summed E-state index contributed by atoms with van der Waals surface area (Å²) in [6.45, 7) is 4.32. The van der Waals surface area contributed by atoms with Crippen LogP contribution >= 0.6 is 0 Å². The molecule has 0 bridgehead atoms. The van der Waals surface area contributed by atoms with Gasteiger partial charge in [-0.3, -0.25) is 14.4 Å². The zero-order valence-electron chi connectivity index (χ0n) is 17.8. The minimum atomic E-state index is -0.918. The van der Waals surface area contributed by atoms with E-state index in [4.69, 9.17) is 4.74 Å². The third-order valence-electron chi connectivity index (χ3n) is 5.86. The van der Waals surface area contributed by atoms with Gasteiger partial charge in [0.1, 0.15) is 0 Å². The molecule has 2 aromatic carbocycles. The lowest BCUT2D eigenvalue weighted by atomic mass is 10.0. The molecule has 1 aromatic heterocycles. The summed E-state index contributed by atoms with van der Waals surface area (Å²) in [4.78, 5) is 42.9. The minimum absolute atomic E-state index is 0.0515. The third kappa shape index (κ3) is 4.38. The second kappa shape index (κ2) is 8.76. The van der Waals surface area contributed by atoms with Crippen molar-refractivity contribution >= 4 is 28.6 Å². The first kappa shape index (κ1) is 20.8. The van der Waals surface area contributed by atoms with Crippen molar-refractivity contribution in [3.8, 4) is 0 Å². The first-order chi connectivity index (χ1) is 14.9. The van der Waals surface area contributed by atoms with Gasteiger partial charge in [0.25, 0.3) is 0 Å². The fourth-order valence-corrected chi connectivity index (χ4v) is 4.18. The number of para-hydroxylation sites is 1. The highest BCUT2D eigenvalue weighted by molar-refractivity contribution is 6.11. The van der Waals surface area contributed by atoms with E-state index in [0.717, 1.165) is 28.6 Å². The predicted octanol–water partition coefficient (Wildman–Crippen LogP) is 3.68. The molecule has 0 unspecified atom stereocenters. The van der Waals surface area contributed by atoms with Crippen LogP contribution in [0.1, 0.15) is 35.0 Å². The topological polar surface area (TPSA) is 79.5 Å². The van der Waals surface area contributed by atoms with Crippen LogP contribution in [0.15, 0.2) is 54.6 Å². The molecule has 0 radical (unpaired) electrons. The summed E-state index contributed by atoms with van der Waals surface area (Å²) in [5, 5.41) is 0.816. The van der Waals surface area contributed by atoms with Crippen LogP contribution in [0.3, 0.4) is 0 Å². The Bertz CT molecular complexity index is 1120. The van der Waals surface area contributed by atoms with E-state index in [1.165, 1.54) is 0 Å². The molecule has 1 aliphatic heterocycles. The second-order valence-electron chi connectivity index (χ2n) is 8.09. The fraction of sp³-hybridized carbons (Fsp3) is 0.320. The van der Waals surface area contributed by atoms with Gasteiger partial charge in [-0.05, 0) is 31.9 Å². The number of nitrogens with zero attached hydrogens (tertiary/aromatic N) is 1. The number of hydrogen-bond donors (Lipinski definition) is 1. The summed E-state index contributed by atoms with van der Waals surface area (Å²) in [5.41, 5.74) is 3.31. The van der Waals surface area contributed by atoms with Gasteiger partial charge in [0.05, 0.1) is 5.92 Å². The molecule has 0 aliphatic carbocycles. The number of aryl methyl sites for hydroxylation is 1. The van der Waals surface area contributed by atoms with Gasteiger partial charge in [-0.15, -0.1) is 0 Å². The highest BCUT2D eigenvalue weighted by atomic mass is 16.5. The Labute approximate surface area is 181 Å². The van der Waals surface area contributed by atoms with Crippen molar-refractivity contribution in [2.45, 2.75) is 32.8 Å². The van der Waals surface area contributed by atoms with Gasteiger partial charge < -0.3 is 14.6 Å². The van der Waals surface area contributed by atoms with Gasteiger partial charge in [-0.2, -0.15) is 0 Å². The Morgan fingerprint density at radius 1 is 1.13 bits per heavy atom. The monoisotopic (exact) mass is 418 g/mol. The van der Waals surface area contributed by atoms with Crippen LogP contribution in [0.4, 0.5) is 0 Å². The van der Waals surface area contributed by atoms with Crippen LogP contribution in [0.25, 0.3) is 10.9 Å². The minimum Gasteiger partial charge on any atom is -0.454 e. The van der Waals surface area contributed by atoms with Gasteiger partial charge in [0.15, 0.2) is 6.10 Å². The number of H-pyrrole nitrogens is 1. The van der Waals surface area contributed by atoms with Gasteiger partial charge >= 0.3 is 5.97 Å². The maximum absolute atomic E-state index is 13.0. The lowest BCUT2D eigenvalue weighted by Gasteiger charge is -2.18. The van der Waals surface area contributed by atoms with Crippen LogP contribution in [0.5, 0.6) is 0 Å². The number of amides is 1. The fourth-order valence-electron chi connectivity index (χ4n) is 4.18. The molecule has 1 fully saturated rings. The summed E-state index contributed by atoms with van der Waals surface area (Å²) in [6.07, 6.45) is -0.0529. The Morgan fingerprint density at radius 2 is 1.84 bits per heavy atom. The number of rotatable bonds is 7. The normalized spacial score (nSPS) is 17.2. The second-order valence-corrected chi connectivity index (χ2v) is 8.09. The molecular weight excluding hydrogens is 392 g/mol. The first-order valence-electron chi connectivity index (χ1n) is 10.6.